The molecule has 0 radical (unpaired) electrons. The highest BCUT2D eigenvalue weighted by molar-refractivity contribution is 6.00. The number of rotatable bonds is 7. The zero-order valence-electron chi connectivity index (χ0n) is 18.8. The molecule has 0 saturated heterocycles. The zero-order chi connectivity index (χ0) is 27.1. The third kappa shape index (κ3) is 11.5. The molecule has 36 heavy (non-hydrogen) atoms. The molecule has 16 heteroatoms. The van der Waals surface area contributed by atoms with Crippen LogP contribution in [0.4, 0.5) is 11.4 Å². The fraction of sp³-hybridized carbons (Fsp3) is 0.200. The van der Waals surface area contributed by atoms with Crippen LogP contribution in [0, 0.1) is 10.1 Å². The summed E-state index contributed by atoms with van der Waals surface area (Å²) in [6.45, 7) is 1.51. The van der Waals surface area contributed by atoms with E-state index < -0.39 is 53.2 Å². The highest BCUT2D eigenvalue weighted by atomic mass is 35.5. The predicted octanol–water partition coefficient (Wildman–Crippen LogP) is 0.290. The Kier molecular flexibility index (Phi) is 15.7. The number of carboxylic acids is 2. The number of nitro benzene ring substituents is 1. The summed E-state index contributed by atoms with van der Waals surface area (Å²) in [5.41, 5.74) is 9.27. The third-order valence-corrected chi connectivity index (χ3v) is 3.57. The number of halogens is 1. The molecule has 0 aliphatic carbocycles. The quantitative estimate of drug-likeness (QED) is 0.104. The van der Waals surface area contributed by atoms with Gasteiger partial charge in [0, 0.05) is 6.07 Å². The molecule has 0 aromatic heterocycles. The number of nitrogen functional groups attached to an aromatic ring is 1. The minimum atomic E-state index is -1.26. The molecular formula is C20H26ClN5O10. The molecule has 0 bridgehead atoms. The van der Waals surface area contributed by atoms with Gasteiger partial charge in [-0.1, -0.05) is 19.1 Å². The molecule has 198 valence electrons. The van der Waals surface area contributed by atoms with Gasteiger partial charge in [-0.25, -0.2) is 0 Å². The Morgan fingerprint density at radius 3 is 1.67 bits per heavy atom. The van der Waals surface area contributed by atoms with Crippen molar-refractivity contribution in [3.63, 3.8) is 0 Å². The molecule has 0 saturated carbocycles. The average molecular weight is 532 g/mol. The van der Waals surface area contributed by atoms with E-state index in [9.17, 15) is 39.5 Å². The van der Waals surface area contributed by atoms with Gasteiger partial charge in [-0.05, 0) is 24.7 Å². The first kappa shape index (κ1) is 33.5. The number of carbonyl (C=O) groups is 4. The standard InChI is InChI=1S/C9H8N2O6.C9H10N2O4.C2H7N.ClH/c12-7(13)4-10-9(15)5-2-1-3-6(8(5)14)11(16)17;10-6-3-1-2-5(8(6)14)9(15)11-4-7(12)13;1-2-3;/h1-3,14H,4H2,(H,10,15)(H,12,13);1-3,14H,4,10H2,(H,11,15)(H,12,13);2-3H2,1H3;1H. The van der Waals surface area contributed by atoms with Gasteiger partial charge in [0.15, 0.2) is 5.75 Å². The molecule has 2 amide bonds. The minimum Gasteiger partial charge on any atom is -0.505 e. The van der Waals surface area contributed by atoms with E-state index in [-0.39, 0.29) is 35.0 Å². The van der Waals surface area contributed by atoms with Gasteiger partial charge >= 0.3 is 17.6 Å². The summed E-state index contributed by atoms with van der Waals surface area (Å²) in [6, 6.07) is 7.67. The molecule has 0 heterocycles. The summed E-state index contributed by atoms with van der Waals surface area (Å²) in [7, 11) is 0. The van der Waals surface area contributed by atoms with Crippen molar-refractivity contribution >= 4 is 47.5 Å². The van der Waals surface area contributed by atoms with E-state index in [1.54, 1.807) is 0 Å². The number of aromatic hydroxyl groups is 2. The molecule has 0 spiro atoms. The van der Waals surface area contributed by atoms with Gasteiger partial charge in [0.1, 0.15) is 13.1 Å². The second-order valence-electron chi connectivity index (χ2n) is 6.23. The second-order valence-corrected chi connectivity index (χ2v) is 6.23. The molecule has 0 fully saturated rings. The Morgan fingerprint density at radius 2 is 1.28 bits per heavy atom. The molecule has 0 aliphatic rings. The van der Waals surface area contributed by atoms with Crippen LogP contribution in [-0.4, -0.2) is 68.7 Å². The summed E-state index contributed by atoms with van der Waals surface area (Å²) in [4.78, 5) is 52.8. The number of carbonyl (C=O) groups excluding carboxylic acids is 2. The first-order chi connectivity index (χ1) is 16.4. The van der Waals surface area contributed by atoms with Crippen LogP contribution in [0.5, 0.6) is 11.5 Å². The van der Waals surface area contributed by atoms with Gasteiger partial charge in [-0.15, -0.1) is 12.4 Å². The van der Waals surface area contributed by atoms with Crippen LogP contribution < -0.4 is 22.1 Å². The van der Waals surface area contributed by atoms with Crippen molar-refractivity contribution < 1.29 is 44.5 Å². The van der Waals surface area contributed by atoms with Crippen molar-refractivity contribution in [1.82, 2.24) is 10.6 Å². The van der Waals surface area contributed by atoms with Gasteiger partial charge in [-0.2, -0.15) is 0 Å². The second kappa shape index (κ2) is 16.9. The van der Waals surface area contributed by atoms with Crippen LogP contribution in [0.2, 0.25) is 0 Å². The Labute approximate surface area is 210 Å². The Balaban J connectivity index is 0. The fourth-order valence-corrected chi connectivity index (χ4v) is 2.11. The van der Waals surface area contributed by atoms with Crippen molar-refractivity contribution in [2.75, 3.05) is 25.4 Å². The van der Waals surface area contributed by atoms with Gasteiger partial charge in [-0.3, -0.25) is 29.3 Å². The maximum atomic E-state index is 11.4. The lowest BCUT2D eigenvalue weighted by Gasteiger charge is -2.06. The number of amides is 2. The lowest BCUT2D eigenvalue weighted by atomic mass is 10.1. The summed E-state index contributed by atoms with van der Waals surface area (Å²) in [5.74, 6) is -5.13. The largest absolute Gasteiger partial charge is 0.505 e. The third-order valence-electron chi connectivity index (χ3n) is 3.57. The Hall–Kier alpha value is -4.63. The number of nitrogens with two attached hydrogens (primary N) is 2. The highest BCUT2D eigenvalue weighted by Crippen LogP contribution is 2.29. The van der Waals surface area contributed by atoms with Crippen LogP contribution >= 0.6 is 12.4 Å². The van der Waals surface area contributed by atoms with E-state index in [1.807, 2.05) is 12.2 Å². The zero-order valence-corrected chi connectivity index (χ0v) is 19.7. The number of phenolic OH excluding ortho intramolecular Hbond substituents is 2. The van der Waals surface area contributed by atoms with Crippen LogP contribution in [-0.2, 0) is 9.59 Å². The number of carboxylic acid groups (broad SMARTS) is 2. The van der Waals surface area contributed by atoms with E-state index in [2.05, 4.69) is 5.32 Å². The van der Waals surface area contributed by atoms with Crippen molar-refractivity contribution in [2.24, 2.45) is 5.73 Å². The number of anilines is 1. The molecule has 0 aliphatic heterocycles. The van der Waals surface area contributed by atoms with Crippen LogP contribution in [0.1, 0.15) is 27.6 Å². The summed E-state index contributed by atoms with van der Waals surface area (Å²) in [6.07, 6.45) is 0. The molecule has 0 unspecified atom stereocenters. The van der Waals surface area contributed by atoms with Crippen LogP contribution in [0.3, 0.4) is 0 Å². The van der Waals surface area contributed by atoms with Gasteiger partial charge in [0.05, 0.1) is 21.7 Å². The average Bonchev–Trinajstić information content (AvgIpc) is 2.78. The van der Waals surface area contributed by atoms with Crippen molar-refractivity contribution in [1.29, 1.82) is 0 Å². The van der Waals surface area contributed by atoms with Crippen LogP contribution in [0.15, 0.2) is 36.4 Å². The lowest BCUT2D eigenvalue weighted by molar-refractivity contribution is -0.385. The van der Waals surface area contributed by atoms with Gasteiger partial charge in [0.2, 0.25) is 5.75 Å². The SMILES string of the molecule is CCN.Cl.Nc1cccc(C(=O)NCC(=O)O)c1O.O=C(O)CNC(=O)c1cccc([N+](=O)[O-])c1O. The van der Waals surface area contributed by atoms with Crippen LogP contribution in [0.25, 0.3) is 0 Å². The summed E-state index contributed by atoms with van der Waals surface area (Å²) in [5, 5.41) is 50.1. The number of nitro groups is 1. The molecule has 10 N–H and O–H groups in total. The first-order valence-electron chi connectivity index (χ1n) is 9.61. The normalized spacial score (nSPS) is 9.06. The number of benzene rings is 2. The Morgan fingerprint density at radius 1 is 0.889 bits per heavy atom. The number of para-hydroxylation sites is 2. The number of nitrogens with one attached hydrogen (secondary N) is 2. The van der Waals surface area contributed by atoms with E-state index in [4.69, 9.17) is 21.7 Å². The van der Waals surface area contributed by atoms with Crippen molar-refractivity contribution in [3.8, 4) is 11.5 Å². The number of aliphatic carboxylic acids is 2. The molecule has 2 aromatic carbocycles. The Bertz CT molecular complexity index is 1080. The van der Waals surface area contributed by atoms with E-state index >= 15 is 0 Å². The number of nitrogens with zero attached hydrogens (tertiary/aromatic N) is 1. The molecule has 15 nitrogen and oxygen atoms in total. The van der Waals surface area contributed by atoms with Crippen molar-refractivity contribution in [3.05, 3.63) is 57.6 Å². The smallest absolute Gasteiger partial charge is 0.322 e. The number of hydrogen-bond donors (Lipinski definition) is 8. The highest BCUT2D eigenvalue weighted by Gasteiger charge is 2.21. The maximum absolute atomic E-state index is 11.4. The molecule has 0 atom stereocenters. The molecule has 2 rings (SSSR count). The fourth-order valence-electron chi connectivity index (χ4n) is 2.11. The van der Waals surface area contributed by atoms with E-state index in [0.717, 1.165) is 18.7 Å². The monoisotopic (exact) mass is 531 g/mol. The lowest BCUT2D eigenvalue weighted by Crippen LogP contribution is -2.29. The summed E-state index contributed by atoms with van der Waals surface area (Å²) >= 11 is 0. The maximum Gasteiger partial charge on any atom is 0.322 e. The number of phenols is 2. The van der Waals surface area contributed by atoms with Gasteiger partial charge < -0.3 is 42.5 Å². The van der Waals surface area contributed by atoms with Crippen molar-refractivity contribution in [2.45, 2.75) is 6.92 Å². The van der Waals surface area contributed by atoms with Gasteiger partial charge in [0.25, 0.3) is 11.8 Å². The van der Waals surface area contributed by atoms with E-state index in [0.29, 0.717) is 0 Å². The topological polar surface area (TPSA) is 268 Å². The number of hydrogen-bond acceptors (Lipinski definition) is 10. The van der Waals surface area contributed by atoms with E-state index in [1.165, 1.54) is 24.3 Å². The first-order valence-corrected chi connectivity index (χ1v) is 9.61. The summed E-state index contributed by atoms with van der Waals surface area (Å²) < 4.78 is 0. The predicted molar refractivity (Wildman–Crippen MR) is 129 cm³/mol. The molecule has 2 aromatic rings. The molecular weight excluding hydrogens is 506 g/mol. The minimum absolute atomic E-state index is 0.